The number of halogens is 1. The number of fused-ring (bicyclic) bond motifs is 1. The van der Waals surface area contributed by atoms with E-state index in [0.29, 0.717) is 26.8 Å². The summed E-state index contributed by atoms with van der Waals surface area (Å²) in [6.07, 6.45) is 2.09. The Morgan fingerprint density at radius 2 is 1.79 bits per heavy atom. The SMILES string of the molecule is CC(Sc1nc2ccccc2c(=O)n1-c1ccccc1Cl)C(=O)N1CCCC1. The number of amides is 1. The van der Waals surface area contributed by atoms with Crippen LogP contribution in [0, 0.1) is 0 Å². The van der Waals surface area contributed by atoms with E-state index in [9.17, 15) is 9.59 Å². The first-order chi connectivity index (χ1) is 13.6. The van der Waals surface area contributed by atoms with Crippen molar-refractivity contribution in [2.24, 2.45) is 0 Å². The first kappa shape index (κ1) is 19.0. The Labute approximate surface area is 172 Å². The highest BCUT2D eigenvalue weighted by atomic mass is 35.5. The van der Waals surface area contributed by atoms with Crippen LogP contribution in [0.15, 0.2) is 58.5 Å². The molecule has 0 bridgehead atoms. The van der Waals surface area contributed by atoms with E-state index in [1.165, 1.54) is 16.3 Å². The maximum atomic E-state index is 13.3. The minimum Gasteiger partial charge on any atom is -0.342 e. The number of thioether (sulfide) groups is 1. The van der Waals surface area contributed by atoms with E-state index in [1.807, 2.05) is 42.2 Å². The lowest BCUT2D eigenvalue weighted by molar-refractivity contribution is -0.129. The van der Waals surface area contributed by atoms with Crippen LogP contribution in [0.2, 0.25) is 5.02 Å². The summed E-state index contributed by atoms with van der Waals surface area (Å²) in [5.74, 6) is 0.0793. The molecule has 2 aromatic carbocycles. The molecule has 0 saturated carbocycles. The van der Waals surface area contributed by atoms with Crippen molar-refractivity contribution in [1.29, 1.82) is 0 Å². The molecule has 0 N–H and O–H groups in total. The highest BCUT2D eigenvalue weighted by molar-refractivity contribution is 8.00. The highest BCUT2D eigenvalue weighted by Gasteiger charge is 2.26. The summed E-state index contributed by atoms with van der Waals surface area (Å²) in [5, 5.41) is 1.10. The van der Waals surface area contributed by atoms with Crippen LogP contribution in [0.4, 0.5) is 0 Å². The first-order valence-corrected chi connectivity index (χ1v) is 10.5. The summed E-state index contributed by atoms with van der Waals surface area (Å²) < 4.78 is 1.52. The van der Waals surface area contributed by atoms with Crippen molar-refractivity contribution in [3.05, 3.63) is 63.9 Å². The molecule has 1 unspecified atom stereocenters. The molecule has 1 saturated heterocycles. The number of carbonyl (C=O) groups excluding carboxylic acids is 1. The number of likely N-dealkylation sites (tertiary alicyclic amines) is 1. The van der Waals surface area contributed by atoms with Crippen molar-refractivity contribution in [2.45, 2.75) is 30.2 Å². The number of hydrogen-bond acceptors (Lipinski definition) is 4. The van der Waals surface area contributed by atoms with Crippen LogP contribution >= 0.6 is 23.4 Å². The average Bonchev–Trinajstić information content (AvgIpc) is 3.23. The second-order valence-electron chi connectivity index (χ2n) is 6.80. The lowest BCUT2D eigenvalue weighted by Crippen LogP contribution is -2.34. The second-order valence-corrected chi connectivity index (χ2v) is 8.51. The zero-order valence-electron chi connectivity index (χ0n) is 15.5. The molecular weight excluding hydrogens is 394 g/mol. The fourth-order valence-corrected chi connectivity index (χ4v) is 4.66. The van der Waals surface area contributed by atoms with Crippen molar-refractivity contribution < 1.29 is 4.79 Å². The van der Waals surface area contributed by atoms with Crippen LogP contribution < -0.4 is 5.56 Å². The molecule has 1 fully saturated rings. The van der Waals surface area contributed by atoms with Gasteiger partial charge in [-0.15, -0.1) is 0 Å². The van der Waals surface area contributed by atoms with E-state index in [-0.39, 0.29) is 16.7 Å². The number of carbonyl (C=O) groups is 1. The van der Waals surface area contributed by atoms with Crippen LogP contribution in [-0.2, 0) is 4.79 Å². The lowest BCUT2D eigenvalue weighted by atomic mass is 10.2. The smallest absolute Gasteiger partial charge is 0.266 e. The molecule has 1 aromatic heterocycles. The third kappa shape index (κ3) is 3.54. The molecule has 3 aromatic rings. The molecule has 7 heteroatoms. The largest absolute Gasteiger partial charge is 0.342 e. The minimum absolute atomic E-state index is 0.0793. The molecule has 1 aliphatic heterocycles. The van der Waals surface area contributed by atoms with E-state index >= 15 is 0 Å². The highest BCUT2D eigenvalue weighted by Crippen LogP contribution is 2.29. The van der Waals surface area contributed by atoms with Gasteiger partial charge < -0.3 is 4.90 Å². The standard InChI is InChI=1S/C21H20ClN3O2S/c1-14(19(26)24-12-6-7-13-24)28-21-23-17-10-4-2-8-15(17)20(27)25(21)18-11-5-3-9-16(18)22/h2-5,8-11,14H,6-7,12-13H2,1H3. The molecule has 0 radical (unpaired) electrons. The molecule has 1 aliphatic rings. The molecule has 5 nitrogen and oxygen atoms in total. The van der Waals surface area contributed by atoms with Gasteiger partial charge in [-0.25, -0.2) is 4.98 Å². The molecule has 0 spiro atoms. The first-order valence-electron chi connectivity index (χ1n) is 9.28. The maximum Gasteiger partial charge on any atom is 0.266 e. The van der Waals surface area contributed by atoms with Gasteiger partial charge in [0.05, 0.1) is 26.9 Å². The monoisotopic (exact) mass is 413 g/mol. The Kier molecular flexibility index (Phi) is 5.42. The van der Waals surface area contributed by atoms with Crippen molar-refractivity contribution in [3.8, 4) is 5.69 Å². The summed E-state index contributed by atoms with van der Waals surface area (Å²) >= 11 is 7.68. The van der Waals surface area contributed by atoms with Gasteiger partial charge in [-0.05, 0) is 44.0 Å². The maximum absolute atomic E-state index is 13.3. The normalized spacial score (nSPS) is 15.1. The van der Waals surface area contributed by atoms with Crippen LogP contribution in [0.1, 0.15) is 19.8 Å². The third-order valence-electron chi connectivity index (χ3n) is 4.89. The second kappa shape index (κ2) is 7.97. The summed E-state index contributed by atoms with van der Waals surface area (Å²) in [6.45, 7) is 3.46. The quantitative estimate of drug-likeness (QED) is 0.476. The Morgan fingerprint density at radius 3 is 2.54 bits per heavy atom. The number of rotatable bonds is 4. The summed E-state index contributed by atoms with van der Waals surface area (Å²) in [5.41, 5.74) is 0.983. The van der Waals surface area contributed by atoms with Gasteiger partial charge in [0.25, 0.3) is 5.56 Å². The number of aromatic nitrogens is 2. The number of para-hydroxylation sites is 2. The van der Waals surface area contributed by atoms with E-state index in [0.717, 1.165) is 25.9 Å². The van der Waals surface area contributed by atoms with Gasteiger partial charge in [0.15, 0.2) is 5.16 Å². The van der Waals surface area contributed by atoms with Crippen molar-refractivity contribution >= 4 is 40.2 Å². The Bertz CT molecular complexity index is 1090. The number of hydrogen-bond donors (Lipinski definition) is 0. The molecule has 28 heavy (non-hydrogen) atoms. The van der Waals surface area contributed by atoms with Crippen molar-refractivity contribution in [3.63, 3.8) is 0 Å². The Balaban J connectivity index is 1.82. The van der Waals surface area contributed by atoms with Crippen LogP contribution in [0.5, 0.6) is 0 Å². The fourth-order valence-electron chi connectivity index (χ4n) is 3.44. The molecule has 1 amide bonds. The summed E-state index contributed by atoms with van der Waals surface area (Å²) in [6, 6.07) is 14.4. The topological polar surface area (TPSA) is 55.2 Å². The van der Waals surface area contributed by atoms with Crippen LogP contribution in [-0.4, -0.2) is 38.7 Å². The van der Waals surface area contributed by atoms with Crippen LogP contribution in [0.3, 0.4) is 0 Å². The third-order valence-corrected chi connectivity index (χ3v) is 6.25. The molecular formula is C21H20ClN3O2S. The zero-order valence-corrected chi connectivity index (χ0v) is 17.0. The van der Waals surface area contributed by atoms with Gasteiger partial charge in [0, 0.05) is 13.1 Å². The Hall–Kier alpha value is -2.31. The van der Waals surface area contributed by atoms with Gasteiger partial charge in [-0.3, -0.25) is 14.2 Å². The molecule has 0 aliphatic carbocycles. The number of nitrogens with zero attached hydrogens (tertiary/aromatic N) is 3. The fraction of sp³-hybridized carbons (Fsp3) is 0.286. The Morgan fingerprint density at radius 1 is 1.11 bits per heavy atom. The van der Waals surface area contributed by atoms with Gasteiger partial charge in [0.1, 0.15) is 0 Å². The average molecular weight is 414 g/mol. The van der Waals surface area contributed by atoms with Crippen molar-refractivity contribution in [2.75, 3.05) is 13.1 Å². The van der Waals surface area contributed by atoms with E-state index in [2.05, 4.69) is 0 Å². The molecule has 4 rings (SSSR count). The van der Waals surface area contributed by atoms with Gasteiger partial charge in [0.2, 0.25) is 5.91 Å². The lowest BCUT2D eigenvalue weighted by Gasteiger charge is -2.21. The van der Waals surface area contributed by atoms with E-state index in [4.69, 9.17) is 16.6 Å². The minimum atomic E-state index is -0.347. The van der Waals surface area contributed by atoms with Crippen molar-refractivity contribution in [1.82, 2.24) is 14.5 Å². The van der Waals surface area contributed by atoms with E-state index < -0.39 is 0 Å². The predicted octanol–water partition coefficient (Wildman–Crippen LogP) is 4.14. The molecule has 2 heterocycles. The van der Waals surface area contributed by atoms with Gasteiger partial charge in [-0.1, -0.05) is 47.6 Å². The zero-order chi connectivity index (χ0) is 19.7. The molecule has 1 atom stereocenters. The number of benzene rings is 2. The van der Waals surface area contributed by atoms with Gasteiger partial charge in [-0.2, -0.15) is 0 Å². The predicted molar refractivity (Wildman–Crippen MR) is 113 cm³/mol. The van der Waals surface area contributed by atoms with E-state index in [1.54, 1.807) is 18.2 Å². The summed E-state index contributed by atoms with van der Waals surface area (Å²) in [7, 11) is 0. The van der Waals surface area contributed by atoms with Crippen LogP contribution in [0.25, 0.3) is 16.6 Å². The van der Waals surface area contributed by atoms with Gasteiger partial charge >= 0.3 is 0 Å². The molecule has 144 valence electrons. The summed E-state index contributed by atoms with van der Waals surface area (Å²) in [4.78, 5) is 32.6.